The number of aromatic nitrogens is 4. The number of fused-ring (bicyclic) bond motifs is 1. The minimum atomic E-state index is -0.377. The van der Waals surface area contributed by atoms with Crippen molar-refractivity contribution in [1.82, 2.24) is 20.1 Å². The van der Waals surface area contributed by atoms with Gasteiger partial charge in [0.05, 0.1) is 30.0 Å². The molecule has 0 radical (unpaired) electrons. The molecule has 2 aromatic carbocycles. The van der Waals surface area contributed by atoms with Crippen LogP contribution in [0.25, 0.3) is 23.0 Å². The first kappa shape index (κ1) is 25.7. The SMILES string of the molecule is COB1OC(C)c2cc(Nc3cc(N[C@H](CO)c4ccccc4)c(-c4nc(-c5ccccn5)no4)cn3)ccc21. The van der Waals surface area contributed by atoms with E-state index >= 15 is 0 Å². The van der Waals surface area contributed by atoms with Gasteiger partial charge in [0.1, 0.15) is 11.5 Å². The Morgan fingerprint density at radius 3 is 2.67 bits per heavy atom. The van der Waals surface area contributed by atoms with E-state index < -0.39 is 0 Å². The maximum Gasteiger partial charge on any atom is 0.494 e. The molecule has 3 aromatic heterocycles. The van der Waals surface area contributed by atoms with Crippen molar-refractivity contribution in [1.29, 1.82) is 0 Å². The van der Waals surface area contributed by atoms with E-state index in [1.54, 1.807) is 19.5 Å². The number of nitrogens with zero attached hydrogens (tertiary/aromatic N) is 4. The minimum absolute atomic E-state index is 0.0868. The molecule has 0 saturated heterocycles. The lowest BCUT2D eigenvalue weighted by Crippen LogP contribution is -2.30. The van der Waals surface area contributed by atoms with Gasteiger partial charge in [-0.1, -0.05) is 47.6 Å². The molecule has 10 nitrogen and oxygen atoms in total. The third-order valence-electron chi connectivity index (χ3n) is 6.76. The van der Waals surface area contributed by atoms with Gasteiger partial charge in [-0.2, -0.15) is 4.98 Å². The van der Waals surface area contributed by atoms with Crippen LogP contribution in [-0.4, -0.2) is 46.1 Å². The topological polar surface area (TPSA) is 127 Å². The smallest absolute Gasteiger partial charge is 0.410 e. The second-order valence-corrected chi connectivity index (χ2v) is 9.36. The van der Waals surface area contributed by atoms with Crippen LogP contribution in [0, 0.1) is 0 Å². The van der Waals surface area contributed by atoms with Gasteiger partial charge >= 0.3 is 7.12 Å². The highest BCUT2D eigenvalue weighted by Gasteiger charge is 2.34. The Labute approximate surface area is 231 Å². The summed E-state index contributed by atoms with van der Waals surface area (Å²) in [4.78, 5) is 13.5. The van der Waals surface area contributed by atoms with Crippen molar-refractivity contribution in [2.45, 2.75) is 19.1 Å². The Balaban J connectivity index is 1.35. The van der Waals surface area contributed by atoms with E-state index in [2.05, 4.69) is 30.7 Å². The molecule has 2 atom stereocenters. The standard InChI is InChI=1S/C29H27BN6O4/c1-18-21-14-20(11-12-23(21)30(38-2)39-18)33-27-15-25(34-26(17-37)19-8-4-3-5-9-19)22(16-32-27)29-35-28(36-40-29)24-10-6-7-13-31-24/h3-16,18,26,37H,17H2,1-2H3,(H2,32,33,34)/t18?,26-/m1/s1. The van der Waals surface area contributed by atoms with Gasteiger partial charge in [0, 0.05) is 31.3 Å². The predicted octanol–water partition coefficient (Wildman–Crippen LogP) is 4.52. The Bertz CT molecular complexity index is 1600. The summed E-state index contributed by atoms with van der Waals surface area (Å²) >= 11 is 0. The summed E-state index contributed by atoms with van der Waals surface area (Å²) in [7, 11) is 1.27. The first-order valence-corrected chi connectivity index (χ1v) is 12.9. The Morgan fingerprint density at radius 2 is 1.90 bits per heavy atom. The molecule has 200 valence electrons. The lowest BCUT2D eigenvalue weighted by atomic mass is 9.78. The lowest BCUT2D eigenvalue weighted by Gasteiger charge is -2.20. The number of rotatable bonds is 9. The van der Waals surface area contributed by atoms with Crippen LogP contribution in [0.1, 0.15) is 30.2 Å². The molecule has 0 aliphatic carbocycles. The number of benzene rings is 2. The Kier molecular flexibility index (Phi) is 7.24. The number of hydrogen-bond acceptors (Lipinski definition) is 10. The van der Waals surface area contributed by atoms with Gasteiger partial charge in [0.15, 0.2) is 0 Å². The van der Waals surface area contributed by atoms with E-state index in [1.165, 1.54) is 0 Å². The zero-order chi connectivity index (χ0) is 27.5. The third-order valence-corrected chi connectivity index (χ3v) is 6.76. The fourth-order valence-corrected chi connectivity index (χ4v) is 4.73. The Hall–Kier alpha value is -4.58. The van der Waals surface area contributed by atoms with Gasteiger partial charge in [-0.05, 0) is 47.8 Å². The van der Waals surface area contributed by atoms with Crippen LogP contribution < -0.4 is 16.1 Å². The van der Waals surface area contributed by atoms with E-state index in [0.29, 0.717) is 28.6 Å². The van der Waals surface area contributed by atoms with Crippen LogP contribution in [0.15, 0.2) is 89.7 Å². The monoisotopic (exact) mass is 534 g/mol. The number of anilines is 3. The molecule has 40 heavy (non-hydrogen) atoms. The van der Waals surface area contributed by atoms with E-state index in [-0.39, 0.29) is 31.8 Å². The summed E-state index contributed by atoms with van der Waals surface area (Å²) in [5, 5.41) is 21.2. The van der Waals surface area contributed by atoms with Crippen molar-refractivity contribution in [3.63, 3.8) is 0 Å². The molecule has 1 aliphatic heterocycles. The molecule has 3 N–H and O–H groups in total. The average molecular weight is 534 g/mol. The van der Waals surface area contributed by atoms with E-state index in [9.17, 15) is 5.11 Å². The molecule has 0 spiro atoms. The summed E-state index contributed by atoms with van der Waals surface area (Å²) in [6.45, 7) is 1.87. The van der Waals surface area contributed by atoms with Crippen LogP contribution in [0.4, 0.5) is 17.2 Å². The largest absolute Gasteiger partial charge is 0.494 e. The van der Waals surface area contributed by atoms with Crippen LogP contribution in [0.5, 0.6) is 0 Å². The second kappa shape index (κ2) is 11.3. The van der Waals surface area contributed by atoms with Gasteiger partial charge in [0.25, 0.3) is 5.89 Å². The van der Waals surface area contributed by atoms with Crippen molar-refractivity contribution in [3.8, 4) is 23.0 Å². The van der Waals surface area contributed by atoms with Crippen molar-refractivity contribution in [3.05, 3.63) is 96.3 Å². The number of aliphatic hydroxyl groups excluding tert-OH is 1. The fourth-order valence-electron chi connectivity index (χ4n) is 4.73. The lowest BCUT2D eigenvalue weighted by molar-refractivity contribution is 0.191. The van der Waals surface area contributed by atoms with Crippen LogP contribution >= 0.6 is 0 Å². The molecule has 0 saturated carbocycles. The quantitative estimate of drug-likeness (QED) is 0.232. The van der Waals surface area contributed by atoms with Crippen molar-refractivity contribution in [2.75, 3.05) is 24.4 Å². The highest BCUT2D eigenvalue weighted by molar-refractivity contribution is 6.63. The third kappa shape index (κ3) is 5.17. The van der Waals surface area contributed by atoms with Crippen LogP contribution in [0.3, 0.4) is 0 Å². The van der Waals surface area contributed by atoms with Gasteiger partial charge in [-0.25, -0.2) is 4.98 Å². The first-order valence-electron chi connectivity index (χ1n) is 12.9. The van der Waals surface area contributed by atoms with E-state index in [0.717, 1.165) is 22.3 Å². The number of pyridine rings is 2. The summed E-state index contributed by atoms with van der Waals surface area (Å²) < 4.78 is 16.9. The molecule has 0 amide bonds. The Morgan fingerprint density at radius 1 is 1.05 bits per heavy atom. The molecule has 5 aromatic rings. The predicted molar refractivity (Wildman–Crippen MR) is 152 cm³/mol. The maximum atomic E-state index is 10.2. The first-order chi connectivity index (χ1) is 19.6. The van der Waals surface area contributed by atoms with E-state index in [1.807, 2.05) is 79.7 Å². The molecular weight excluding hydrogens is 507 g/mol. The fraction of sp³-hybridized carbons (Fsp3) is 0.172. The minimum Gasteiger partial charge on any atom is -0.410 e. The molecule has 0 fully saturated rings. The normalized spacial score (nSPS) is 15.1. The second-order valence-electron chi connectivity index (χ2n) is 9.36. The highest BCUT2D eigenvalue weighted by Crippen LogP contribution is 2.34. The maximum absolute atomic E-state index is 10.2. The number of hydrogen-bond donors (Lipinski definition) is 3. The molecule has 11 heteroatoms. The van der Waals surface area contributed by atoms with Gasteiger partial charge in [-0.3, -0.25) is 4.98 Å². The van der Waals surface area contributed by atoms with Crippen LogP contribution in [0.2, 0.25) is 0 Å². The average Bonchev–Trinajstić information content (AvgIpc) is 3.62. The summed E-state index contributed by atoms with van der Waals surface area (Å²) in [5.41, 5.74) is 5.71. The molecule has 1 aliphatic rings. The molecule has 6 rings (SSSR count). The van der Waals surface area contributed by atoms with Crippen molar-refractivity contribution >= 4 is 29.8 Å². The molecule has 1 unspecified atom stereocenters. The number of aliphatic hydroxyl groups is 1. The zero-order valence-corrected chi connectivity index (χ0v) is 22.0. The molecular formula is C29H27BN6O4. The van der Waals surface area contributed by atoms with Crippen LogP contribution in [-0.2, 0) is 9.31 Å². The van der Waals surface area contributed by atoms with E-state index in [4.69, 9.17) is 13.8 Å². The summed E-state index contributed by atoms with van der Waals surface area (Å²) in [5.74, 6) is 1.24. The summed E-state index contributed by atoms with van der Waals surface area (Å²) in [6.07, 6.45) is 3.25. The van der Waals surface area contributed by atoms with Crippen molar-refractivity contribution < 1.29 is 18.9 Å². The van der Waals surface area contributed by atoms with Gasteiger partial charge in [0.2, 0.25) is 5.82 Å². The molecule has 4 heterocycles. The summed E-state index contributed by atoms with van der Waals surface area (Å²) in [6, 6.07) is 22.7. The highest BCUT2D eigenvalue weighted by atomic mass is 16.6. The molecule has 0 bridgehead atoms. The van der Waals surface area contributed by atoms with Crippen molar-refractivity contribution in [2.24, 2.45) is 0 Å². The zero-order valence-electron chi connectivity index (χ0n) is 22.0. The number of nitrogens with one attached hydrogen (secondary N) is 2. The van der Waals surface area contributed by atoms with Gasteiger partial charge in [-0.15, -0.1) is 0 Å². The van der Waals surface area contributed by atoms with Gasteiger partial charge < -0.3 is 29.6 Å².